The molecule has 1 amide bonds. The van der Waals surface area contributed by atoms with Crippen LogP contribution in [0.25, 0.3) is 0 Å². The summed E-state index contributed by atoms with van der Waals surface area (Å²) in [5, 5.41) is 13.4. The van der Waals surface area contributed by atoms with E-state index in [9.17, 15) is 14.9 Å². The number of nitro groups is 1. The van der Waals surface area contributed by atoms with Gasteiger partial charge in [0.15, 0.2) is 0 Å². The van der Waals surface area contributed by atoms with Gasteiger partial charge in [0.1, 0.15) is 5.75 Å². The molecule has 0 unspecified atom stereocenters. The SMILES string of the molecule is CCOCc1cccc(NC(=O)CCOc2ccc([N+](=O)[O-])cc2)c1. The number of benzene rings is 2. The number of carbonyl (C=O) groups excluding carboxylic acids is 1. The van der Waals surface area contributed by atoms with Crippen LogP contribution in [0.1, 0.15) is 18.9 Å². The summed E-state index contributed by atoms with van der Waals surface area (Å²) in [5.74, 6) is 0.313. The van der Waals surface area contributed by atoms with E-state index in [1.165, 1.54) is 24.3 Å². The summed E-state index contributed by atoms with van der Waals surface area (Å²) in [5.41, 5.74) is 1.69. The molecule has 0 radical (unpaired) electrons. The van der Waals surface area contributed by atoms with E-state index in [2.05, 4.69) is 5.32 Å². The number of non-ortho nitro benzene ring substituents is 1. The summed E-state index contributed by atoms with van der Waals surface area (Å²) >= 11 is 0. The van der Waals surface area contributed by atoms with Crippen LogP contribution in [0.5, 0.6) is 5.75 Å². The quantitative estimate of drug-likeness (QED) is 0.555. The monoisotopic (exact) mass is 344 g/mol. The zero-order chi connectivity index (χ0) is 18.1. The zero-order valence-corrected chi connectivity index (χ0v) is 13.9. The highest BCUT2D eigenvalue weighted by atomic mass is 16.6. The van der Waals surface area contributed by atoms with E-state index in [0.29, 0.717) is 24.7 Å². The van der Waals surface area contributed by atoms with Gasteiger partial charge < -0.3 is 14.8 Å². The Morgan fingerprint density at radius 2 is 1.96 bits per heavy atom. The van der Waals surface area contributed by atoms with E-state index in [0.717, 1.165) is 5.56 Å². The van der Waals surface area contributed by atoms with Gasteiger partial charge in [-0.25, -0.2) is 0 Å². The van der Waals surface area contributed by atoms with E-state index < -0.39 is 4.92 Å². The van der Waals surface area contributed by atoms with Crippen molar-refractivity contribution in [2.75, 3.05) is 18.5 Å². The molecular weight excluding hydrogens is 324 g/mol. The molecule has 0 fully saturated rings. The molecule has 0 spiro atoms. The Hall–Kier alpha value is -2.93. The average Bonchev–Trinajstić information content (AvgIpc) is 2.60. The predicted molar refractivity (Wildman–Crippen MR) is 93.6 cm³/mol. The second-order valence-corrected chi connectivity index (χ2v) is 5.24. The zero-order valence-electron chi connectivity index (χ0n) is 13.9. The summed E-state index contributed by atoms with van der Waals surface area (Å²) < 4.78 is 10.8. The number of hydrogen-bond donors (Lipinski definition) is 1. The molecule has 0 aliphatic heterocycles. The molecule has 0 aliphatic carbocycles. The first-order chi connectivity index (χ1) is 12.1. The molecule has 25 heavy (non-hydrogen) atoms. The van der Waals surface area contributed by atoms with Gasteiger partial charge in [-0.3, -0.25) is 14.9 Å². The molecule has 1 N–H and O–H groups in total. The molecule has 0 heterocycles. The summed E-state index contributed by atoms with van der Waals surface area (Å²) in [6, 6.07) is 13.2. The Morgan fingerprint density at radius 3 is 2.64 bits per heavy atom. The topological polar surface area (TPSA) is 90.7 Å². The third-order valence-electron chi connectivity index (χ3n) is 3.33. The first kappa shape index (κ1) is 18.4. The molecule has 2 rings (SSSR count). The van der Waals surface area contributed by atoms with E-state index in [-0.39, 0.29) is 24.6 Å². The maximum atomic E-state index is 12.0. The van der Waals surface area contributed by atoms with Gasteiger partial charge in [0, 0.05) is 24.4 Å². The van der Waals surface area contributed by atoms with Crippen LogP contribution >= 0.6 is 0 Å². The molecule has 0 atom stereocenters. The minimum absolute atomic E-state index is 0.00275. The first-order valence-electron chi connectivity index (χ1n) is 7.92. The van der Waals surface area contributed by atoms with Crippen molar-refractivity contribution in [1.82, 2.24) is 0 Å². The summed E-state index contributed by atoms with van der Waals surface area (Å²) in [6.45, 7) is 3.25. The Labute approximate surface area is 145 Å². The van der Waals surface area contributed by atoms with Crippen molar-refractivity contribution in [3.05, 3.63) is 64.2 Å². The molecule has 0 saturated heterocycles. The molecule has 0 bridgehead atoms. The highest BCUT2D eigenvalue weighted by Gasteiger charge is 2.06. The summed E-state index contributed by atoms with van der Waals surface area (Å²) in [4.78, 5) is 22.1. The van der Waals surface area contributed by atoms with Crippen molar-refractivity contribution in [1.29, 1.82) is 0 Å². The van der Waals surface area contributed by atoms with Crippen molar-refractivity contribution in [2.45, 2.75) is 20.0 Å². The van der Waals surface area contributed by atoms with Crippen LogP contribution in [0.2, 0.25) is 0 Å². The van der Waals surface area contributed by atoms with Crippen molar-refractivity contribution in [2.24, 2.45) is 0 Å². The van der Waals surface area contributed by atoms with E-state index in [1.54, 1.807) is 0 Å². The molecule has 7 nitrogen and oxygen atoms in total. The number of hydrogen-bond acceptors (Lipinski definition) is 5. The molecule has 132 valence electrons. The van der Waals surface area contributed by atoms with Crippen molar-refractivity contribution < 1.29 is 19.2 Å². The lowest BCUT2D eigenvalue weighted by Gasteiger charge is -2.09. The van der Waals surface area contributed by atoms with Gasteiger partial charge in [0.25, 0.3) is 5.69 Å². The molecule has 7 heteroatoms. The Bertz CT molecular complexity index is 716. The lowest BCUT2D eigenvalue weighted by molar-refractivity contribution is -0.384. The van der Waals surface area contributed by atoms with E-state index in [1.807, 2.05) is 31.2 Å². The fourth-order valence-corrected chi connectivity index (χ4v) is 2.11. The van der Waals surface area contributed by atoms with Gasteiger partial charge in [-0.2, -0.15) is 0 Å². The number of nitrogens with zero attached hydrogens (tertiary/aromatic N) is 1. The van der Waals surface area contributed by atoms with Crippen LogP contribution in [-0.2, 0) is 16.1 Å². The van der Waals surface area contributed by atoms with Crippen LogP contribution in [0, 0.1) is 10.1 Å². The van der Waals surface area contributed by atoms with Gasteiger partial charge in [-0.05, 0) is 36.8 Å². The standard InChI is InChI=1S/C18H20N2O5/c1-2-24-13-14-4-3-5-15(12-14)19-18(21)10-11-25-17-8-6-16(7-9-17)20(22)23/h3-9,12H,2,10-11,13H2,1H3,(H,19,21). The minimum Gasteiger partial charge on any atom is -0.493 e. The number of anilines is 1. The lowest BCUT2D eigenvalue weighted by Crippen LogP contribution is -2.15. The van der Waals surface area contributed by atoms with Crippen molar-refractivity contribution in [3.63, 3.8) is 0 Å². The Kier molecular flexibility index (Phi) is 6.91. The second kappa shape index (κ2) is 9.39. The number of amides is 1. The van der Waals surface area contributed by atoms with Crippen LogP contribution < -0.4 is 10.1 Å². The Balaban J connectivity index is 1.77. The molecule has 2 aromatic carbocycles. The van der Waals surface area contributed by atoms with Crippen LogP contribution in [0.4, 0.5) is 11.4 Å². The third-order valence-corrected chi connectivity index (χ3v) is 3.33. The molecular formula is C18H20N2O5. The fourth-order valence-electron chi connectivity index (χ4n) is 2.11. The summed E-state index contributed by atoms with van der Waals surface area (Å²) in [6.07, 6.45) is 0.173. The number of carbonyl (C=O) groups is 1. The van der Waals surface area contributed by atoms with Crippen molar-refractivity contribution in [3.8, 4) is 5.75 Å². The smallest absolute Gasteiger partial charge is 0.269 e. The molecule has 2 aromatic rings. The predicted octanol–water partition coefficient (Wildman–Crippen LogP) is 3.54. The number of rotatable bonds is 9. The molecule has 0 saturated carbocycles. The fraction of sp³-hybridized carbons (Fsp3) is 0.278. The van der Waals surface area contributed by atoms with Gasteiger partial charge >= 0.3 is 0 Å². The largest absolute Gasteiger partial charge is 0.493 e. The number of nitrogens with one attached hydrogen (secondary N) is 1. The van der Waals surface area contributed by atoms with Crippen molar-refractivity contribution >= 4 is 17.3 Å². The van der Waals surface area contributed by atoms with Crippen LogP contribution in [0.3, 0.4) is 0 Å². The number of ether oxygens (including phenoxy) is 2. The normalized spacial score (nSPS) is 10.3. The van der Waals surface area contributed by atoms with E-state index >= 15 is 0 Å². The molecule has 0 aliphatic rings. The lowest BCUT2D eigenvalue weighted by atomic mass is 10.2. The number of nitro benzene ring substituents is 1. The highest BCUT2D eigenvalue weighted by molar-refractivity contribution is 5.90. The highest BCUT2D eigenvalue weighted by Crippen LogP contribution is 2.17. The van der Waals surface area contributed by atoms with Gasteiger partial charge in [-0.15, -0.1) is 0 Å². The van der Waals surface area contributed by atoms with Gasteiger partial charge in [-0.1, -0.05) is 12.1 Å². The minimum atomic E-state index is -0.475. The third kappa shape index (κ3) is 6.23. The van der Waals surface area contributed by atoms with Gasteiger partial charge in [0.2, 0.25) is 5.91 Å². The maximum Gasteiger partial charge on any atom is 0.269 e. The first-order valence-corrected chi connectivity index (χ1v) is 7.92. The summed E-state index contributed by atoms with van der Waals surface area (Å²) in [7, 11) is 0. The second-order valence-electron chi connectivity index (χ2n) is 5.24. The average molecular weight is 344 g/mol. The Morgan fingerprint density at radius 1 is 1.20 bits per heavy atom. The van der Waals surface area contributed by atoms with E-state index in [4.69, 9.17) is 9.47 Å². The molecule has 0 aromatic heterocycles. The van der Waals surface area contributed by atoms with Gasteiger partial charge in [0.05, 0.1) is 24.6 Å². The maximum absolute atomic E-state index is 12.0. The van der Waals surface area contributed by atoms with Crippen LogP contribution in [0.15, 0.2) is 48.5 Å². The van der Waals surface area contributed by atoms with Crippen LogP contribution in [-0.4, -0.2) is 24.0 Å².